The molecular weight excluding hydrogens is 427 g/mol. The van der Waals surface area contributed by atoms with Crippen LogP contribution < -0.4 is 16.4 Å². The predicted octanol–water partition coefficient (Wildman–Crippen LogP) is 6.18. The van der Waals surface area contributed by atoms with Crippen LogP contribution in [0, 0.1) is 0 Å². The van der Waals surface area contributed by atoms with Crippen LogP contribution >= 0.6 is 23.5 Å². The molecule has 0 saturated carbocycles. The summed E-state index contributed by atoms with van der Waals surface area (Å²) in [5, 5.41) is 4.93. The smallest absolute Gasteiger partial charge is 0.247 e. The molecule has 32 heavy (non-hydrogen) atoms. The van der Waals surface area contributed by atoms with Crippen LogP contribution in [-0.4, -0.2) is 6.71 Å². The third-order valence-corrected chi connectivity index (χ3v) is 9.16. The van der Waals surface area contributed by atoms with Crippen LogP contribution in [0.3, 0.4) is 0 Å². The Morgan fingerprint density at radius 3 is 2.25 bits per heavy atom. The molecule has 0 bridgehead atoms. The van der Waals surface area contributed by atoms with Crippen LogP contribution in [0.2, 0.25) is 0 Å². The molecule has 0 atom stereocenters. The molecule has 0 saturated heterocycles. The highest BCUT2D eigenvalue weighted by Gasteiger charge is 2.38. The molecule has 0 radical (unpaired) electrons. The maximum Gasteiger partial charge on any atom is 0.247 e. The van der Waals surface area contributed by atoms with E-state index in [1.54, 1.807) is 0 Å². The molecule has 8 rings (SSSR count). The molecule has 0 aliphatic carbocycles. The van der Waals surface area contributed by atoms with E-state index in [2.05, 4.69) is 91.0 Å². The van der Waals surface area contributed by atoms with Crippen molar-refractivity contribution in [2.45, 2.75) is 19.6 Å². The van der Waals surface area contributed by atoms with E-state index in [-0.39, 0.29) is 6.71 Å². The normalized spacial score (nSPS) is 13.9. The summed E-state index contributed by atoms with van der Waals surface area (Å²) in [4.78, 5) is 5.45. The summed E-state index contributed by atoms with van der Waals surface area (Å²) in [6.45, 7) is 0.268. The number of hydrogen-bond donors (Lipinski definition) is 0. The Kier molecular flexibility index (Phi) is 3.41. The van der Waals surface area contributed by atoms with Crippen molar-refractivity contribution in [2.75, 3.05) is 0 Å². The Hall–Kier alpha value is -3.08. The molecule has 5 aromatic carbocycles. The van der Waals surface area contributed by atoms with E-state index in [4.69, 9.17) is 4.42 Å². The van der Waals surface area contributed by atoms with E-state index in [1.807, 2.05) is 23.5 Å². The summed E-state index contributed by atoms with van der Waals surface area (Å²) in [5.41, 5.74) is 6.21. The van der Waals surface area contributed by atoms with Gasteiger partial charge in [-0.05, 0) is 52.6 Å². The van der Waals surface area contributed by atoms with Crippen LogP contribution in [0.4, 0.5) is 0 Å². The SMILES string of the molecule is c1ccc2c(c1)Sc1cccc3c1B2c1ccc2oc4cc5ccccc5cc4c2c1S3. The van der Waals surface area contributed by atoms with Crippen molar-refractivity contribution in [3.63, 3.8) is 0 Å². The molecule has 6 aromatic rings. The highest BCUT2D eigenvalue weighted by molar-refractivity contribution is 8.01. The summed E-state index contributed by atoms with van der Waals surface area (Å²) >= 11 is 3.81. The van der Waals surface area contributed by atoms with Crippen LogP contribution in [0.5, 0.6) is 0 Å². The molecule has 0 amide bonds. The zero-order valence-corrected chi connectivity index (χ0v) is 18.6. The van der Waals surface area contributed by atoms with Gasteiger partial charge in [-0.25, -0.2) is 0 Å². The Morgan fingerprint density at radius 1 is 0.594 bits per heavy atom. The zero-order valence-electron chi connectivity index (χ0n) is 17.0. The number of rotatable bonds is 0. The second-order valence-electron chi connectivity index (χ2n) is 8.50. The zero-order chi connectivity index (χ0) is 20.8. The van der Waals surface area contributed by atoms with Gasteiger partial charge in [-0.3, -0.25) is 0 Å². The molecule has 0 unspecified atom stereocenters. The fourth-order valence-electron chi connectivity index (χ4n) is 5.38. The topological polar surface area (TPSA) is 13.1 Å². The van der Waals surface area contributed by atoms with Crippen molar-refractivity contribution in [3.05, 3.63) is 91.0 Å². The van der Waals surface area contributed by atoms with E-state index in [9.17, 15) is 0 Å². The van der Waals surface area contributed by atoms with Gasteiger partial charge in [0.15, 0.2) is 0 Å². The Labute approximate surface area is 193 Å². The van der Waals surface area contributed by atoms with Gasteiger partial charge in [0.05, 0.1) is 0 Å². The highest BCUT2D eigenvalue weighted by atomic mass is 32.2. The maximum atomic E-state index is 6.37. The number of fused-ring (bicyclic) bond motifs is 9. The molecule has 0 spiro atoms. The molecular formula is C28H15BOS2. The van der Waals surface area contributed by atoms with Gasteiger partial charge >= 0.3 is 0 Å². The average Bonchev–Trinajstić information content (AvgIpc) is 3.20. The van der Waals surface area contributed by atoms with Crippen molar-refractivity contribution in [3.8, 4) is 0 Å². The summed E-state index contributed by atoms with van der Waals surface area (Å²) in [7, 11) is 0. The first-order valence-corrected chi connectivity index (χ1v) is 12.4. The summed E-state index contributed by atoms with van der Waals surface area (Å²) in [6, 6.07) is 33.1. The summed E-state index contributed by atoms with van der Waals surface area (Å²) < 4.78 is 6.37. The molecule has 4 heteroatoms. The van der Waals surface area contributed by atoms with Gasteiger partial charge in [0.25, 0.3) is 0 Å². The molecule has 148 valence electrons. The van der Waals surface area contributed by atoms with Crippen LogP contribution in [0.1, 0.15) is 0 Å². The van der Waals surface area contributed by atoms with Crippen molar-refractivity contribution in [1.82, 2.24) is 0 Å². The molecule has 2 aliphatic heterocycles. The Morgan fingerprint density at radius 2 is 1.34 bits per heavy atom. The van der Waals surface area contributed by atoms with Gasteiger partial charge in [0.2, 0.25) is 6.71 Å². The largest absolute Gasteiger partial charge is 0.456 e. The molecule has 1 nitrogen and oxygen atoms in total. The van der Waals surface area contributed by atoms with Crippen LogP contribution in [-0.2, 0) is 0 Å². The first kappa shape index (κ1) is 17.5. The monoisotopic (exact) mass is 442 g/mol. The van der Waals surface area contributed by atoms with Crippen molar-refractivity contribution >= 4 is 79.3 Å². The molecule has 3 heterocycles. The lowest BCUT2D eigenvalue weighted by molar-refractivity contribution is 0.669. The van der Waals surface area contributed by atoms with E-state index in [0.717, 1.165) is 11.2 Å². The fourth-order valence-corrected chi connectivity index (χ4v) is 7.94. The minimum absolute atomic E-state index is 0.268. The number of furan rings is 1. The average molecular weight is 442 g/mol. The molecule has 1 aromatic heterocycles. The first-order valence-electron chi connectivity index (χ1n) is 10.8. The minimum atomic E-state index is 0.268. The van der Waals surface area contributed by atoms with E-state index < -0.39 is 0 Å². The Balaban J connectivity index is 1.50. The summed E-state index contributed by atoms with van der Waals surface area (Å²) in [5.74, 6) is 0. The quantitative estimate of drug-likeness (QED) is 0.260. The Bertz CT molecular complexity index is 1750. The molecule has 0 N–H and O–H groups in total. The fraction of sp³-hybridized carbons (Fsp3) is 0. The van der Waals surface area contributed by atoms with Crippen molar-refractivity contribution in [1.29, 1.82) is 0 Å². The van der Waals surface area contributed by atoms with Gasteiger partial charge in [-0.1, -0.05) is 89.0 Å². The second kappa shape index (κ2) is 6.25. The second-order valence-corrected chi connectivity index (χ2v) is 10.6. The third kappa shape index (κ3) is 2.24. The maximum absolute atomic E-state index is 6.37. The third-order valence-electron chi connectivity index (χ3n) is 6.77. The number of benzene rings is 5. The molecule has 0 fully saturated rings. The van der Waals surface area contributed by atoms with Gasteiger partial charge in [-0.15, -0.1) is 0 Å². The van der Waals surface area contributed by atoms with Gasteiger partial charge in [-0.2, -0.15) is 0 Å². The molecule has 2 aliphatic rings. The lowest BCUT2D eigenvalue weighted by Gasteiger charge is -2.32. The lowest BCUT2D eigenvalue weighted by atomic mass is 9.36. The van der Waals surface area contributed by atoms with E-state index in [0.29, 0.717) is 0 Å². The highest BCUT2D eigenvalue weighted by Crippen LogP contribution is 2.43. The lowest BCUT2D eigenvalue weighted by Crippen LogP contribution is -2.57. The van der Waals surface area contributed by atoms with Crippen molar-refractivity contribution in [2.24, 2.45) is 0 Å². The minimum Gasteiger partial charge on any atom is -0.456 e. The van der Waals surface area contributed by atoms with E-state index in [1.165, 1.54) is 57.5 Å². The van der Waals surface area contributed by atoms with E-state index >= 15 is 0 Å². The number of hydrogen-bond acceptors (Lipinski definition) is 3. The van der Waals surface area contributed by atoms with Gasteiger partial charge in [0.1, 0.15) is 11.2 Å². The first-order chi connectivity index (χ1) is 15.8. The van der Waals surface area contributed by atoms with Gasteiger partial charge < -0.3 is 4.42 Å². The van der Waals surface area contributed by atoms with Gasteiger partial charge in [0, 0.05) is 30.4 Å². The standard InChI is InChI=1S/C28H15BOS2/c1-2-7-17-15-22-18(14-16(17)6-1)26-21(30-22)13-12-20-28(26)32-25-11-5-10-24-27(25)29(20)19-8-3-4-9-23(19)31-24/h1-15H. The van der Waals surface area contributed by atoms with Crippen LogP contribution in [0.25, 0.3) is 32.7 Å². The van der Waals surface area contributed by atoms with Crippen molar-refractivity contribution < 1.29 is 4.42 Å². The predicted molar refractivity (Wildman–Crippen MR) is 137 cm³/mol. The van der Waals surface area contributed by atoms with Crippen LogP contribution in [0.15, 0.2) is 115 Å². The summed E-state index contributed by atoms with van der Waals surface area (Å²) in [6.07, 6.45) is 0.